The predicted octanol–water partition coefficient (Wildman–Crippen LogP) is -0.213. The number of nitrogens with zero attached hydrogens (tertiary/aromatic N) is 2. The predicted molar refractivity (Wildman–Crippen MR) is 101 cm³/mol. The van der Waals surface area contributed by atoms with E-state index in [0.29, 0.717) is 10.5 Å². The van der Waals surface area contributed by atoms with E-state index in [0.717, 1.165) is 10.7 Å². The molecule has 2 aromatic carbocycles. The van der Waals surface area contributed by atoms with Gasteiger partial charge in [-0.15, -0.1) is 5.10 Å². The largest absolute Gasteiger partial charge is 0.394 e. The Hall–Kier alpha value is -2.37. The van der Waals surface area contributed by atoms with Crippen molar-refractivity contribution in [1.29, 1.82) is 0 Å². The van der Waals surface area contributed by atoms with Gasteiger partial charge in [0.1, 0.15) is 16.8 Å². The zero-order valence-electron chi connectivity index (χ0n) is 14.5. The molecule has 2 rings (SSSR count). The minimum absolute atomic E-state index is 0.0000210. The topological polar surface area (TPSA) is 137 Å². The minimum Gasteiger partial charge on any atom is -0.394 e. The molecule has 0 amide bonds. The number of aliphatic hydroxyl groups excluding tert-OH is 2. The number of hydrogen-bond donors (Lipinski definition) is 5. The van der Waals surface area contributed by atoms with Gasteiger partial charge in [-0.25, -0.2) is 24.3 Å². The Labute approximate surface area is 158 Å². The van der Waals surface area contributed by atoms with Gasteiger partial charge < -0.3 is 15.9 Å². The van der Waals surface area contributed by atoms with E-state index in [1.54, 1.807) is 36.4 Å². The molecule has 2 atom stereocenters. The van der Waals surface area contributed by atoms with Crippen LogP contribution in [0.1, 0.15) is 11.1 Å². The van der Waals surface area contributed by atoms with E-state index >= 15 is 0 Å². The Morgan fingerprint density at radius 2 is 1.85 bits per heavy atom. The monoisotopic (exact) mass is 395 g/mol. The highest BCUT2D eigenvalue weighted by atomic mass is 32.2. The van der Waals surface area contributed by atoms with Gasteiger partial charge in [0.05, 0.1) is 24.2 Å². The molecule has 0 aliphatic rings. The molecule has 2 aromatic rings. The first kappa shape index (κ1) is 20.9. The number of aliphatic hydroxyl groups is 2. The van der Waals surface area contributed by atoms with Gasteiger partial charge in [0.15, 0.2) is 5.84 Å². The lowest BCUT2D eigenvalue weighted by Gasteiger charge is -2.14. The quantitative estimate of drug-likeness (QED) is 0.172. The van der Waals surface area contributed by atoms with Crippen LogP contribution in [-0.4, -0.2) is 44.6 Å². The van der Waals surface area contributed by atoms with Crippen LogP contribution >= 0.6 is 0 Å². The molecule has 27 heavy (non-hydrogen) atoms. The molecule has 8 nitrogen and oxygen atoms in total. The van der Waals surface area contributed by atoms with Crippen molar-refractivity contribution in [3.63, 3.8) is 0 Å². The third kappa shape index (κ3) is 6.70. The maximum Gasteiger partial charge on any atom is 0.152 e. The lowest BCUT2D eigenvalue weighted by molar-refractivity contribution is 0.0991. The maximum atomic E-state index is 12.9. The fourth-order valence-corrected chi connectivity index (χ4v) is 2.97. The molecule has 0 bridgehead atoms. The van der Waals surface area contributed by atoms with E-state index in [1.165, 1.54) is 12.1 Å². The van der Waals surface area contributed by atoms with Gasteiger partial charge in [0.25, 0.3) is 0 Å². The van der Waals surface area contributed by atoms with Crippen molar-refractivity contribution in [1.82, 2.24) is 9.84 Å². The number of hydrogen-bond acceptors (Lipinski definition) is 6. The fourth-order valence-electron chi connectivity index (χ4n) is 2.08. The number of amidine groups is 1. The second-order valence-corrected chi connectivity index (χ2v) is 6.98. The average Bonchev–Trinajstić information content (AvgIpc) is 2.67. The van der Waals surface area contributed by atoms with Gasteiger partial charge >= 0.3 is 0 Å². The normalized spacial score (nSPS) is 14.0. The van der Waals surface area contributed by atoms with E-state index in [9.17, 15) is 13.7 Å². The van der Waals surface area contributed by atoms with E-state index in [1.807, 2.05) is 0 Å². The smallest absolute Gasteiger partial charge is 0.152 e. The van der Waals surface area contributed by atoms with Crippen LogP contribution in [0.4, 0.5) is 4.39 Å². The molecule has 146 valence electrons. The lowest BCUT2D eigenvalue weighted by atomic mass is 10.2. The number of benzene rings is 2. The summed E-state index contributed by atoms with van der Waals surface area (Å²) in [7, 11) is -1.53. The van der Waals surface area contributed by atoms with Gasteiger partial charge in [0, 0.05) is 12.1 Å². The van der Waals surface area contributed by atoms with Gasteiger partial charge in [-0.2, -0.15) is 0 Å². The van der Waals surface area contributed by atoms with Gasteiger partial charge in [-0.05, 0) is 42.0 Å². The Morgan fingerprint density at radius 1 is 1.22 bits per heavy atom. The number of halogens is 1. The molecule has 0 spiro atoms. The van der Waals surface area contributed by atoms with Crippen LogP contribution < -0.4 is 16.3 Å². The zero-order chi connectivity index (χ0) is 19.8. The van der Waals surface area contributed by atoms with Crippen LogP contribution in [0.25, 0.3) is 0 Å². The van der Waals surface area contributed by atoms with E-state index in [4.69, 9.17) is 16.7 Å². The van der Waals surface area contributed by atoms with Gasteiger partial charge in [-0.3, -0.25) is 0 Å². The highest BCUT2D eigenvalue weighted by Gasteiger charge is 2.08. The Bertz CT molecular complexity index is 786. The van der Waals surface area contributed by atoms with Gasteiger partial charge in [0.2, 0.25) is 0 Å². The third-order valence-electron chi connectivity index (χ3n) is 3.52. The van der Waals surface area contributed by atoms with Crippen LogP contribution in [0.5, 0.6) is 0 Å². The molecular formula is C17H22FN5O3S. The molecule has 0 fully saturated rings. The number of nitrogens with two attached hydrogens (primary N) is 2. The first-order valence-electron chi connectivity index (χ1n) is 8.04. The van der Waals surface area contributed by atoms with Crippen molar-refractivity contribution < 1.29 is 18.8 Å². The van der Waals surface area contributed by atoms with Crippen LogP contribution in [0.15, 0.2) is 58.5 Å². The molecule has 0 saturated heterocycles. The number of hydrazone groups is 1. The summed E-state index contributed by atoms with van der Waals surface area (Å²) in [6, 6.07) is 12.4. The van der Waals surface area contributed by atoms with Crippen LogP contribution in [0.2, 0.25) is 0 Å². The molecule has 0 heterocycles. The molecule has 2 unspecified atom stereocenters. The molecule has 0 aliphatic heterocycles. The summed E-state index contributed by atoms with van der Waals surface area (Å²) < 4.78 is 27.6. The molecule has 7 N–H and O–H groups in total. The van der Waals surface area contributed by atoms with Crippen molar-refractivity contribution >= 4 is 16.8 Å². The Balaban J connectivity index is 1.97. The SMILES string of the molecule is N/C(=N\N(N)Cc1ccc(F)cc1)c1ccc(S(=O)NCC(O)CO)cc1. The summed E-state index contributed by atoms with van der Waals surface area (Å²) in [5, 5.41) is 23.2. The summed E-state index contributed by atoms with van der Waals surface area (Å²) in [5.41, 5.74) is 7.29. The van der Waals surface area contributed by atoms with Crippen molar-refractivity contribution in [2.45, 2.75) is 17.5 Å². The summed E-state index contributed by atoms with van der Waals surface area (Å²) in [6.07, 6.45) is -0.979. The van der Waals surface area contributed by atoms with Crippen molar-refractivity contribution in [2.75, 3.05) is 13.2 Å². The standard InChI is InChI=1S/C17H22FN5O3S/c18-14-5-1-12(2-6-14)10-23(20)22-17(19)13-3-7-16(8-4-13)27(26)21-9-15(25)11-24/h1-8,15,21,24-25H,9-11,20H2,(H2,19,22). The summed E-state index contributed by atoms with van der Waals surface area (Å²) in [5.74, 6) is 5.65. The van der Waals surface area contributed by atoms with Crippen LogP contribution in [0, 0.1) is 5.82 Å². The van der Waals surface area contributed by atoms with E-state index in [-0.39, 0.29) is 24.7 Å². The highest BCUT2D eigenvalue weighted by molar-refractivity contribution is 7.83. The lowest BCUT2D eigenvalue weighted by Crippen LogP contribution is -2.30. The molecule has 0 saturated carbocycles. The number of hydrazine groups is 1. The first-order chi connectivity index (χ1) is 12.9. The van der Waals surface area contributed by atoms with Crippen molar-refractivity contribution in [3.05, 3.63) is 65.5 Å². The van der Waals surface area contributed by atoms with E-state index in [2.05, 4.69) is 9.82 Å². The molecule has 0 aliphatic carbocycles. The second kappa shape index (κ2) is 10.1. The molecular weight excluding hydrogens is 373 g/mol. The second-order valence-electron chi connectivity index (χ2n) is 5.69. The molecule has 0 aromatic heterocycles. The third-order valence-corrected chi connectivity index (χ3v) is 4.65. The molecule has 0 radical (unpaired) electrons. The van der Waals surface area contributed by atoms with Crippen LogP contribution in [0.3, 0.4) is 0 Å². The minimum atomic E-state index is -1.53. The maximum absolute atomic E-state index is 12.9. The Kier molecular flexibility index (Phi) is 7.82. The summed E-state index contributed by atoms with van der Waals surface area (Å²) in [4.78, 5) is 0.479. The van der Waals surface area contributed by atoms with E-state index < -0.39 is 23.7 Å². The average molecular weight is 395 g/mol. The van der Waals surface area contributed by atoms with Crippen LogP contribution in [-0.2, 0) is 17.5 Å². The first-order valence-corrected chi connectivity index (χ1v) is 9.19. The van der Waals surface area contributed by atoms with Crippen molar-refractivity contribution in [3.8, 4) is 0 Å². The molecule has 10 heteroatoms. The number of nitrogens with one attached hydrogen (secondary N) is 1. The zero-order valence-corrected chi connectivity index (χ0v) is 15.3. The van der Waals surface area contributed by atoms with Crippen molar-refractivity contribution in [2.24, 2.45) is 16.7 Å². The Morgan fingerprint density at radius 3 is 2.44 bits per heavy atom. The fraction of sp³-hybridized carbons (Fsp3) is 0.235. The summed E-state index contributed by atoms with van der Waals surface area (Å²) >= 11 is 0. The van der Waals surface area contributed by atoms with Gasteiger partial charge in [-0.1, -0.05) is 12.1 Å². The highest BCUT2D eigenvalue weighted by Crippen LogP contribution is 2.09. The summed E-state index contributed by atoms with van der Waals surface area (Å²) in [6.45, 7) is -0.163. The number of rotatable bonds is 9.